The van der Waals surface area contributed by atoms with Gasteiger partial charge in [-0.15, -0.1) is 0 Å². The molecule has 0 saturated carbocycles. The normalized spacial score (nSPS) is 13.7. The van der Waals surface area contributed by atoms with E-state index in [0.717, 1.165) is 13.0 Å². The third-order valence-corrected chi connectivity index (χ3v) is 3.86. The quantitative estimate of drug-likeness (QED) is 0.659. The van der Waals surface area contributed by atoms with Crippen molar-refractivity contribution in [1.29, 1.82) is 0 Å². The van der Waals surface area contributed by atoms with Gasteiger partial charge in [-0.25, -0.2) is 13.6 Å². The molecule has 120 valence electrons. The van der Waals surface area contributed by atoms with Crippen LogP contribution in [0.4, 0.5) is 11.4 Å². The van der Waals surface area contributed by atoms with Crippen molar-refractivity contribution in [2.45, 2.75) is 31.2 Å². The van der Waals surface area contributed by atoms with Gasteiger partial charge in [0.15, 0.2) is 0 Å². The highest BCUT2D eigenvalue weighted by molar-refractivity contribution is 7.89. The summed E-state index contributed by atoms with van der Waals surface area (Å²) in [6.45, 7) is 5.15. The molecule has 0 amide bonds. The molecule has 1 rings (SSSR count). The molecule has 0 aromatic heterocycles. The van der Waals surface area contributed by atoms with Crippen molar-refractivity contribution in [2.75, 3.05) is 31.7 Å². The number of nitrogens with two attached hydrogens (primary N) is 2. The highest BCUT2D eigenvalue weighted by atomic mass is 32.2. The van der Waals surface area contributed by atoms with E-state index in [4.69, 9.17) is 10.9 Å². The van der Waals surface area contributed by atoms with Gasteiger partial charge in [0, 0.05) is 24.0 Å². The van der Waals surface area contributed by atoms with Crippen molar-refractivity contribution in [2.24, 2.45) is 11.1 Å². The van der Waals surface area contributed by atoms with Gasteiger partial charge in [0.1, 0.15) is 0 Å². The minimum atomic E-state index is -3.76. The maximum Gasteiger partial charge on any atom is 0.238 e. The van der Waals surface area contributed by atoms with E-state index in [2.05, 4.69) is 24.1 Å². The molecule has 0 saturated heterocycles. The minimum Gasteiger partial charge on any atom is -0.399 e. The van der Waals surface area contributed by atoms with Crippen LogP contribution in [-0.2, 0) is 10.0 Å². The molecule has 0 aliphatic carbocycles. The van der Waals surface area contributed by atoms with Gasteiger partial charge in [-0.2, -0.15) is 0 Å². The van der Waals surface area contributed by atoms with Gasteiger partial charge in [-0.05, 0) is 44.6 Å². The smallest absolute Gasteiger partial charge is 0.238 e. The SMILES string of the molecule is CC(C)CC(CN(C)C)Nc1cc(N)cc(S(N)(=O)=O)c1. The first-order valence-corrected chi connectivity index (χ1v) is 8.47. The molecule has 0 aliphatic heterocycles. The average molecular weight is 314 g/mol. The lowest BCUT2D eigenvalue weighted by atomic mass is 10.0. The van der Waals surface area contributed by atoms with E-state index in [1.807, 2.05) is 14.1 Å². The lowest BCUT2D eigenvalue weighted by Gasteiger charge is -2.25. The largest absolute Gasteiger partial charge is 0.399 e. The zero-order valence-corrected chi connectivity index (χ0v) is 13.9. The summed E-state index contributed by atoms with van der Waals surface area (Å²) in [7, 11) is 0.248. The molecule has 0 fully saturated rings. The minimum absolute atomic E-state index is 0.0261. The molecule has 0 radical (unpaired) electrons. The number of rotatable bonds is 7. The molecular weight excluding hydrogens is 288 g/mol. The summed E-state index contributed by atoms with van der Waals surface area (Å²) in [5, 5.41) is 8.52. The molecule has 0 heterocycles. The summed E-state index contributed by atoms with van der Waals surface area (Å²) in [4.78, 5) is 2.12. The molecular formula is C14H26N4O2S. The van der Waals surface area contributed by atoms with Crippen LogP contribution in [0.25, 0.3) is 0 Å². The van der Waals surface area contributed by atoms with Crippen molar-refractivity contribution in [3.8, 4) is 0 Å². The van der Waals surface area contributed by atoms with Crippen LogP contribution >= 0.6 is 0 Å². The fourth-order valence-electron chi connectivity index (χ4n) is 2.29. The zero-order chi connectivity index (χ0) is 16.2. The van der Waals surface area contributed by atoms with E-state index in [1.54, 1.807) is 6.07 Å². The molecule has 21 heavy (non-hydrogen) atoms. The summed E-state index contributed by atoms with van der Waals surface area (Å²) >= 11 is 0. The number of likely N-dealkylation sites (N-methyl/N-ethyl adjacent to an activating group) is 1. The standard InChI is InChI=1S/C14H26N4O2S/c1-10(2)5-13(9-18(3)4)17-12-6-11(15)7-14(8-12)21(16,19)20/h6-8,10,13,17H,5,9,15H2,1-4H3,(H2,16,19,20). The third kappa shape index (κ3) is 6.33. The average Bonchev–Trinajstić information content (AvgIpc) is 2.24. The summed E-state index contributed by atoms with van der Waals surface area (Å²) in [6, 6.07) is 4.81. The van der Waals surface area contributed by atoms with Gasteiger partial charge in [0.05, 0.1) is 4.90 Å². The Kier molecular flexibility index (Phi) is 6.00. The van der Waals surface area contributed by atoms with Gasteiger partial charge in [-0.1, -0.05) is 13.8 Å². The molecule has 7 heteroatoms. The fraction of sp³-hybridized carbons (Fsp3) is 0.571. The first-order valence-electron chi connectivity index (χ1n) is 6.92. The maximum atomic E-state index is 11.5. The number of hydrogen-bond donors (Lipinski definition) is 3. The second-order valence-electron chi connectivity index (χ2n) is 6.07. The molecule has 1 atom stereocenters. The Labute approximate surface area is 127 Å². The Bertz CT molecular complexity index is 560. The summed E-state index contributed by atoms with van der Waals surface area (Å²) in [5.41, 5.74) is 6.81. The van der Waals surface area contributed by atoms with Gasteiger partial charge < -0.3 is 16.0 Å². The molecule has 0 aliphatic rings. The van der Waals surface area contributed by atoms with Gasteiger partial charge in [0.2, 0.25) is 10.0 Å². The zero-order valence-electron chi connectivity index (χ0n) is 13.1. The van der Waals surface area contributed by atoms with E-state index >= 15 is 0 Å². The molecule has 5 N–H and O–H groups in total. The number of primary sulfonamides is 1. The van der Waals surface area contributed by atoms with Crippen molar-refractivity contribution in [3.63, 3.8) is 0 Å². The summed E-state index contributed by atoms with van der Waals surface area (Å²) < 4.78 is 22.9. The van der Waals surface area contributed by atoms with E-state index in [-0.39, 0.29) is 10.9 Å². The van der Waals surface area contributed by atoms with Crippen LogP contribution in [0.15, 0.2) is 23.1 Å². The first-order chi connectivity index (χ1) is 9.57. The summed E-state index contributed by atoms with van der Waals surface area (Å²) in [6.07, 6.45) is 0.970. The number of benzene rings is 1. The Morgan fingerprint density at radius 2 is 1.86 bits per heavy atom. The highest BCUT2D eigenvalue weighted by Crippen LogP contribution is 2.21. The Hall–Kier alpha value is -1.31. The second kappa shape index (κ2) is 7.11. The highest BCUT2D eigenvalue weighted by Gasteiger charge is 2.15. The number of nitrogens with zero attached hydrogens (tertiary/aromatic N) is 1. The van der Waals surface area contributed by atoms with Crippen LogP contribution < -0.4 is 16.2 Å². The number of anilines is 2. The number of hydrogen-bond acceptors (Lipinski definition) is 5. The summed E-state index contributed by atoms with van der Waals surface area (Å²) in [5.74, 6) is 0.529. The molecule has 0 spiro atoms. The van der Waals surface area contributed by atoms with Crippen molar-refractivity contribution in [3.05, 3.63) is 18.2 Å². The topological polar surface area (TPSA) is 101 Å². The lowest BCUT2D eigenvalue weighted by Crippen LogP contribution is -2.33. The Morgan fingerprint density at radius 3 is 2.33 bits per heavy atom. The molecule has 1 aromatic rings. The lowest BCUT2D eigenvalue weighted by molar-refractivity contribution is 0.356. The fourth-order valence-corrected chi connectivity index (χ4v) is 2.89. The van der Waals surface area contributed by atoms with E-state index in [1.165, 1.54) is 12.1 Å². The molecule has 1 unspecified atom stereocenters. The predicted octanol–water partition coefficient (Wildman–Crippen LogP) is 1.30. The van der Waals surface area contributed by atoms with Crippen LogP contribution in [0.1, 0.15) is 20.3 Å². The van der Waals surface area contributed by atoms with E-state index in [0.29, 0.717) is 17.3 Å². The van der Waals surface area contributed by atoms with Crippen LogP contribution in [0.5, 0.6) is 0 Å². The van der Waals surface area contributed by atoms with Gasteiger partial charge >= 0.3 is 0 Å². The Morgan fingerprint density at radius 1 is 1.24 bits per heavy atom. The number of nitrogen functional groups attached to an aromatic ring is 1. The monoisotopic (exact) mass is 314 g/mol. The third-order valence-electron chi connectivity index (χ3n) is 2.97. The van der Waals surface area contributed by atoms with Crippen molar-refractivity contribution >= 4 is 21.4 Å². The number of nitrogens with one attached hydrogen (secondary N) is 1. The van der Waals surface area contributed by atoms with Crippen LogP contribution in [-0.4, -0.2) is 40.0 Å². The van der Waals surface area contributed by atoms with Crippen LogP contribution in [0.3, 0.4) is 0 Å². The first kappa shape index (κ1) is 17.7. The van der Waals surface area contributed by atoms with E-state index < -0.39 is 10.0 Å². The maximum absolute atomic E-state index is 11.5. The van der Waals surface area contributed by atoms with Crippen molar-refractivity contribution < 1.29 is 8.42 Å². The van der Waals surface area contributed by atoms with Crippen molar-refractivity contribution in [1.82, 2.24) is 4.90 Å². The van der Waals surface area contributed by atoms with Crippen LogP contribution in [0.2, 0.25) is 0 Å². The predicted molar refractivity (Wildman–Crippen MR) is 87.6 cm³/mol. The molecule has 0 bridgehead atoms. The van der Waals surface area contributed by atoms with Gasteiger partial charge in [0.25, 0.3) is 0 Å². The Balaban J connectivity index is 3.00. The molecule has 6 nitrogen and oxygen atoms in total. The number of sulfonamides is 1. The van der Waals surface area contributed by atoms with Gasteiger partial charge in [-0.3, -0.25) is 0 Å². The molecule has 1 aromatic carbocycles. The van der Waals surface area contributed by atoms with Crippen LogP contribution in [0, 0.1) is 5.92 Å². The van der Waals surface area contributed by atoms with E-state index in [9.17, 15) is 8.42 Å². The second-order valence-corrected chi connectivity index (χ2v) is 7.63.